The highest BCUT2D eigenvalue weighted by atomic mass is 16.6. The molecular weight excluding hydrogens is 336 g/mol. The van der Waals surface area contributed by atoms with Crippen LogP contribution in [0.25, 0.3) is 0 Å². The van der Waals surface area contributed by atoms with Gasteiger partial charge in [-0.2, -0.15) is 0 Å². The number of carbonyl (C=O) groups is 2. The molecule has 3 N–H and O–H groups in total. The van der Waals surface area contributed by atoms with Crippen molar-refractivity contribution >= 4 is 11.8 Å². The van der Waals surface area contributed by atoms with E-state index in [1.54, 1.807) is 19.1 Å². The molecule has 0 spiro atoms. The number of ether oxygens (including phenoxy) is 1. The molecule has 144 valence electrons. The lowest BCUT2D eigenvalue weighted by Gasteiger charge is -2.34. The van der Waals surface area contributed by atoms with Crippen molar-refractivity contribution in [1.29, 1.82) is 0 Å². The molecule has 2 aliphatic rings. The Morgan fingerprint density at radius 3 is 2.46 bits per heavy atom. The van der Waals surface area contributed by atoms with E-state index in [2.05, 4.69) is 6.58 Å². The van der Waals surface area contributed by atoms with Crippen molar-refractivity contribution in [3.8, 4) is 0 Å². The highest BCUT2D eigenvalue weighted by molar-refractivity contribution is 5.95. The zero-order valence-electron chi connectivity index (χ0n) is 15.7. The number of Topliss-reactive ketones (excluding diaryl/α,β-unsaturated/α-hetero) is 1. The third-order valence-corrected chi connectivity index (χ3v) is 5.34. The molecular formula is C20H28O6. The Kier molecular flexibility index (Phi) is 5.90. The molecule has 0 saturated carbocycles. The van der Waals surface area contributed by atoms with E-state index in [1.807, 2.05) is 6.92 Å². The quantitative estimate of drug-likeness (QED) is 0.398. The maximum absolute atomic E-state index is 13.1. The predicted molar refractivity (Wildman–Crippen MR) is 96.1 cm³/mol. The summed E-state index contributed by atoms with van der Waals surface area (Å²) in [5.74, 6) is -2.58. The highest BCUT2D eigenvalue weighted by Crippen LogP contribution is 2.40. The molecule has 6 atom stereocenters. The number of fused-ring (bicyclic) bond motifs is 1. The standard InChI is InChI=1S/C20H28O6/c1-10-6-14(22)7-11(2)9-16-17(12(3)19(24)26-16)15(8-10)18(23)20(5,25)13(4)21/h6,9,13-17,21-22,25H,3,7-8H2,1-2,4-5H3/b10-6-,11-9-/t13?,14-,15?,16-,17-,20?/m1/s1. The minimum atomic E-state index is -1.97. The van der Waals surface area contributed by atoms with E-state index < -0.39 is 47.5 Å². The second-order valence-corrected chi connectivity index (χ2v) is 7.72. The summed E-state index contributed by atoms with van der Waals surface area (Å²) < 4.78 is 5.39. The van der Waals surface area contributed by atoms with Crippen molar-refractivity contribution in [1.82, 2.24) is 0 Å². The lowest BCUT2D eigenvalue weighted by Crippen LogP contribution is -2.50. The molecule has 2 rings (SSSR count). The van der Waals surface area contributed by atoms with Gasteiger partial charge in [0.05, 0.1) is 12.2 Å². The van der Waals surface area contributed by atoms with E-state index in [1.165, 1.54) is 13.8 Å². The summed E-state index contributed by atoms with van der Waals surface area (Å²) in [6.07, 6.45) is 1.35. The van der Waals surface area contributed by atoms with Gasteiger partial charge in [-0.05, 0) is 46.6 Å². The molecule has 1 aliphatic carbocycles. The van der Waals surface area contributed by atoms with Gasteiger partial charge in [0, 0.05) is 17.4 Å². The van der Waals surface area contributed by atoms with Crippen molar-refractivity contribution in [3.05, 3.63) is 35.5 Å². The molecule has 0 bridgehead atoms. The van der Waals surface area contributed by atoms with Gasteiger partial charge in [0.25, 0.3) is 0 Å². The van der Waals surface area contributed by atoms with Crippen LogP contribution in [0, 0.1) is 11.8 Å². The van der Waals surface area contributed by atoms with Crippen LogP contribution in [0.15, 0.2) is 35.5 Å². The van der Waals surface area contributed by atoms with Crippen LogP contribution < -0.4 is 0 Å². The van der Waals surface area contributed by atoms with Crippen LogP contribution in [0.2, 0.25) is 0 Å². The van der Waals surface area contributed by atoms with Gasteiger partial charge >= 0.3 is 5.97 Å². The summed E-state index contributed by atoms with van der Waals surface area (Å²) in [5.41, 5.74) is -0.192. The summed E-state index contributed by atoms with van der Waals surface area (Å²) in [7, 11) is 0. The van der Waals surface area contributed by atoms with E-state index in [0.717, 1.165) is 11.1 Å². The summed E-state index contributed by atoms with van der Waals surface area (Å²) in [6.45, 7) is 10.0. The van der Waals surface area contributed by atoms with Gasteiger partial charge in [-0.3, -0.25) is 4.79 Å². The summed E-state index contributed by atoms with van der Waals surface area (Å²) in [5, 5.41) is 30.6. The molecule has 1 heterocycles. The van der Waals surface area contributed by atoms with Gasteiger partial charge < -0.3 is 20.1 Å². The lowest BCUT2D eigenvalue weighted by atomic mass is 9.72. The number of esters is 1. The molecule has 0 radical (unpaired) electrons. The summed E-state index contributed by atoms with van der Waals surface area (Å²) >= 11 is 0. The average molecular weight is 364 g/mol. The monoisotopic (exact) mass is 364 g/mol. The number of allylic oxidation sites excluding steroid dienone is 1. The number of hydrogen-bond donors (Lipinski definition) is 3. The third kappa shape index (κ3) is 3.98. The van der Waals surface area contributed by atoms with Crippen LogP contribution in [0.4, 0.5) is 0 Å². The smallest absolute Gasteiger partial charge is 0.334 e. The Labute approximate surface area is 153 Å². The van der Waals surface area contributed by atoms with Crippen molar-refractivity contribution < 1.29 is 29.6 Å². The zero-order chi connectivity index (χ0) is 19.8. The van der Waals surface area contributed by atoms with Crippen LogP contribution in [-0.2, 0) is 14.3 Å². The molecule has 0 aromatic heterocycles. The van der Waals surface area contributed by atoms with E-state index >= 15 is 0 Å². The number of carbonyl (C=O) groups excluding carboxylic acids is 2. The Balaban J connectivity index is 2.55. The molecule has 1 fully saturated rings. The van der Waals surface area contributed by atoms with Crippen molar-refractivity contribution in [2.45, 2.75) is 64.4 Å². The molecule has 6 heteroatoms. The van der Waals surface area contributed by atoms with Gasteiger partial charge in [-0.25, -0.2) is 4.79 Å². The molecule has 1 aliphatic heterocycles. The maximum atomic E-state index is 13.1. The van der Waals surface area contributed by atoms with E-state index in [-0.39, 0.29) is 12.0 Å². The fourth-order valence-electron chi connectivity index (χ4n) is 3.66. The van der Waals surface area contributed by atoms with Gasteiger partial charge in [0.2, 0.25) is 0 Å². The van der Waals surface area contributed by atoms with E-state index in [0.29, 0.717) is 6.42 Å². The number of hydrogen-bond acceptors (Lipinski definition) is 6. The number of ketones is 1. The average Bonchev–Trinajstić information content (AvgIpc) is 2.77. The van der Waals surface area contributed by atoms with E-state index in [4.69, 9.17) is 4.74 Å². The maximum Gasteiger partial charge on any atom is 0.334 e. The van der Waals surface area contributed by atoms with Gasteiger partial charge in [-0.1, -0.05) is 23.8 Å². The van der Waals surface area contributed by atoms with Crippen molar-refractivity contribution in [2.75, 3.05) is 0 Å². The van der Waals surface area contributed by atoms with Gasteiger partial charge in [-0.15, -0.1) is 0 Å². The van der Waals surface area contributed by atoms with Crippen LogP contribution in [0.5, 0.6) is 0 Å². The normalized spacial score (nSPS) is 37.3. The second kappa shape index (κ2) is 7.47. The number of aliphatic hydroxyl groups is 3. The van der Waals surface area contributed by atoms with Crippen molar-refractivity contribution in [3.63, 3.8) is 0 Å². The number of aliphatic hydroxyl groups excluding tert-OH is 2. The first-order valence-electron chi connectivity index (χ1n) is 8.82. The molecule has 1 saturated heterocycles. The highest BCUT2D eigenvalue weighted by Gasteiger charge is 2.50. The minimum Gasteiger partial charge on any atom is -0.454 e. The Morgan fingerprint density at radius 2 is 1.88 bits per heavy atom. The Hall–Kier alpha value is -1.76. The molecule has 26 heavy (non-hydrogen) atoms. The third-order valence-electron chi connectivity index (χ3n) is 5.34. The molecule has 0 aromatic carbocycles. The van der Waals surface area contributed by atoms with Crippen LogP contribution in [0.1, 0.15) is 40.5 Å². The first-order chi connectivity index (χ1) is 11.9. The van der Waals surface area contributed by atoms with Crippen LogP contribution in [0.3, 0.4) is 0 Å². The Bertz CT molecular complexity index is 670. The second-order valence-electron chi connectivity index (χ2n) is 7.72. The fourth-order valence-corrected chi connectivity index (χ4v) is 3.66. The van der Waals surface area contributed by atoms with Crippen LogP contribution >= 0.6 is 0 Å². The first-order valence-corrected chi connectivity index (χ1v) is 8.82. The summed E-state index contributed by atoms with van der Waals surface area (Å²) in [6, 6.07) is 0. The molecule has 0 aromatic rings. The zero-order valence-corrected chi connectivity index (χ0v) is 15.7. The molecule has 0 amide bonds. The lowest BCUT2D eigenvalue weighted by molar-refractivity contribution is -0.152. The van der Waals surface area contributed by atoms with Gasteiger partial charge in [0.15, 0.2) is 5.78 Å². The SMILES string of the molecule is C=C1C(=O)O[C@@H]2/C=C(/C)C[C@H](O)/C=C(/C)CC(C(=O)C(C)(O)C(C)O)[C@@H]12. The summed E-state index contributed by atoms with van der Waals surface area (Å²) in [4.78, 5) is 25.2. The minimum absolute atomic E-state index is 0.188. The topological polar surface area (TPSA) is 104 Å². The van der Waals surface area contributed by atoms with Crippen LogP contribution in [-0.4, -0.2) is 51.0 Å². The fraction of sp³-hybridized carbons (Fsp3) is 0.600. The number of rotatable bonds is 3. The Morgan fingerprint density at radius 1 is 1.31 bits per heavy atom. The predicted octanol–water partition coefficient (Wildman–Crippen LogP) is 1.45. The largest absolute Gasteiger partial charge is 0.454 e. The van der Waals surface area contributed by atoms with Gasteiger partial charge in [0.1, 0.15) is 11.7 Å². The van der Waals surface area contributed by atoms with E-state index in [9.17, 15) is 24.9 Å². The first kappa shape index (κ1) is 20.6. The van der Waals surface area contributed by atoms with Crippen molar-refractivity contribution in [2.24, 2.45) is 11.8 Å². The molecule has 3 unspecified atom stereocenters. The molecule has 6 nitrogen and oxygen atoms in total.